The molecule has 2 unspecified atom stereocenters. The van der Waals surface area contributed by atoms with Gasteiger partial charge in [0.2, 0.25) is 5.91 Å². The molecule has 1 aliphatic heterocycles. The number of nitrogens with one attached hydrogen (secondary N) is 2. The van der Waals surface area contributed by atoms with Crippen molar-refractivity contribution in [2.45, 2.75) is 19.4 Å². The zero-order valence-corrected chi connectivity index (χ0v) is 14.3. The lowest BCUT2D eigenvalue weighted by Gasteiger charge is -2.31. The molecule has 0 saturated carbocycles. The molecule has 0 bridgehead atoms. The van der Waals surface area contributed by atoms with Gasteiger partial charge in [-0.05, 0) is 19.0 Å². The van der Waals surface area contributed by atoms with Crippen molar-refractivity contribution in [3.63, 3.8) is 0 Å². The Morgan fingerprint density at radius 1 is 1.26 bits per heavy atom. The minimum absolute atomic E-state index is 0.0250. The number of amides is 1. The van der Waals surface area contributed by atoms with Crippen LogP contribution < -0.4 is 10.6 Å². The van der Waals surface area contributed by atoms with Crippen molar-refractivity contribution in [3.05, 3.63) is 35.9 Å². The Morgan fingerprint density at radius 2 is 1.96 bits per heavy atom. The average molecular weight is 319 g/mol. The van der Waals surface area contributed by atoms with Crippen molar-refractivity contribution >= 4 is 5.91 Å². The van der Waals surface area contributed by atoms with Gasteiger partial charge in [-0.3, -0.25) is 9.69 Å². The second-order valence-corrected chi connectivity index (χ2v) is 6.27. The maximum absolute atomic E-state index is 12.4. The molecule has 5 heteroatoms. The molecule has 2 N–H and O–H groups in total. The third-order valence-corrected chi connectivity index (χ3v) is 4.21. The molecule has 1 aromatic carbocycles. The van der Waals surface area contributed by atoms with E-state index in [4.69, 9.17) is 4.74 Å². The van der Waals surface area contributed by atoms with Gasteiger partial charge >= 0.3 is 0 Å². The topological polar surface area (TPSA) is 53.6 Å². The molecular weight excluding hydrogens is 290 g/mol. The fourth-order valence-corrected chi connectivity index (χ4v) is 2.90. The molecule has 1 fully saturated rings. The van der Waals surface area contributed by atoms with Crippen LogP contribution in [0.1, 0.15) is 12.5 Å². The summed E-state index contributed by atoms with van der Waals surface area (Å²) in [6, 6.07) is 10.5. The number of rotatable bonds is 8. The second kappa shape index (κ2) is 9.65. The Bertz CT molecular complexity index is 461. The molecule has 1 heterocycles. The SMILES string of the molecule is CNCC(C)C(=O)NC(Cc1ccccc1)CN1CCOCC1. The van der Waals surface area contributed by atoms with E-state index in [1.54, 1.807) is 0 Å². The normalized spacial score (nSPS) is 18.3. The molecule has 0 aromatic heterocycles. The molecule has 2 rings (SSSR count). The lowest BCUT2D eigenvalue weighted by molar-refractivity contribution is -0.125. The zero-order chi connectivity index (χ0) is 16.5. The van der Waals surface area contributed by atoms with Crippen LogP contribution in [-0.2, 0) is 16.0 Å². The van der Waals surface area contributed by atoms with Gasteiger partial charge in [0.15, 0.2) is 0 Å². The Labute approximate surface area is 139 Å². The molecule has 2 atom stereocenters. The van der Waals surface area contributed by atoms with Gasteiger partial charge in [0.1, 0.15) is 0 Å². The van der Waals surface area contributed by atoms with Gasteiger partial charge in [0.05, 0.1) is 13.2 Å². The van der Waals surface area contributed by atoms with Gasteiger partial charge in [-0.15, -0.1) is 0 Å². The lowest BCUT2D eigenvalue weighted by Crippen LogP contribution is -2.50. The smallest absolute Gasteiger partial charge is 0.224 e. The lowest BCUT2D eigenvalue weighted by atomic mass is 10.0. The highest BCUT2D eigenvalue weighted by molar-refractivity contribution is 5.78. The summed E-state index contributed by atoms with van der Waals surface area (Å²) in [6.07, 6.45) is 0.857. The third-order valence-electron chi connectivity index (χ3n) is 4.21. The van der Waals surface area contributed by atoms with E-state index in [1.165, 1.54) is 5.56 Å². The van der Waals surface area contributed by atoms with Gasteiger partial charge in [-0.1, -0.05) is 37.3 Å². The standard InChI is InChI=1S/C18H29N3O2/c1-15(13-19-2)18(22)20-17(12-16-6-4-3-5-7-16)14-21-8-10-23-11-9-21/h3-7,15,17,19H,8-14H2,1-2H3,(H,20,22). The van der Waals surface area contributed by atoms with E-state index in [1.807, 2.05) is 32.2 Å². The van der Waals surface area contributed by atoms with Crippen LogP contribution in [0.15, 0.2) is 30.3 Å². The van der Waals surface area contributed by atoms with E-state index >= 15 is 0 Å². The average Bonchev–Trinajstić information content (AvgIpc) is 2.57. The first-order chi connectivity index (χ1) is 11.2. The van der Waals surface area contributed by atoms with E-state index in [0.717, 1.165) is 39.3 Å². The highest BCUT2D eigenvalue weighted by atomic mass is 16.5. The summed E-state index contributed by atoms with van der Waals surface area (Å²) in [5, 5.41) is 6.30. The first-order valence-electron chi connectivity index (χ1n) is 8.48. The van der Waals surface area contributed by atoms with Crippen LogP contribution in [0.25, 0.3) is 0 Å². The van der Waals surface area contributed by atoms with Crippen LogP contribution in [0.3, 0.4) is 0 Å². The largest absolute Gasteiger partial charge is 0.379 e. The quantitative estimate of drug-likeness (QED) is 0.748. The zero-order valence-electron chi connectivity index (χ0n) is 14.3. The number of hydrogen-bond acceptors (Lipinski definition) is 4. The van der Waals surface area contributed by atoms with Gasteiger partial charge in [0.25, 0.3) is 0 Å². The summed E-state index contributed by atoms with van der Waals surface area (Å²) in [6.45, 7) is 6.96. The number of morpholine rings is 1. The van der Waals surface area contributed by atoms with Crippen LogP contribution in [0, 0.1) is 5.92 Å². The molecule has 0 spiro atoms. The first kappa shape index (κ1) is 17.9. The highest BCUT2D eigenvalue weighted by Gasteiger charge is 2.21. The van der Waals surface area contributed by atoms with Crippen molar-refractivity contribution in [1.29, 1.82) is 0 Å². The summed E-state index contributed by atoms with van der Waals surface area (Å²) in [4.78, 5) is 14.8. The molecular formula is C18H29N3O2. The monoisotopic (exact) mass is 319 g/mol. The van der Waals surface area contributed by atoms with Gasteiger partial charge < -0.3 is 15.4 Å². The predicted octanol–water partition coefficient (Wildman–Crippen LogP) is 0.902. The Balaban J connectivity index is 1.96. The van der Waals surface area contributed by atoms with Crippen molar-refractivity contribution in [2.75, 3.05) is 46.4 Å². The number of ether oxygens (including phenoxy) is 1. The molecule has 0 aliphatic carbocycles. The van der Waals surface area contributed by atoms with Crippen molar-refractivity contribution in [1.82, 2.24) is 15.5 Å². The molecule has 1 saturated heterocycles. The van der Waals surface area contributed by atoms with Crippen molar-refractivity contribution < 1.29 is 9.53 Å². The number of benzene rings is 1. The highest BCUT2D eigenvalue weighted by Crippen LogP contribution is 2.07. The molecule has 1 aliphatic rings. The summed E-state index contributed by atoms with van der Waals surface area (Å²) in [7, 11) is 1.87. The second-order valence-electron chi connectivity index (χ2n) is 6.27. The van der Waals surface area contributed by atoms with E-state index in [-0.39, 0.29) is 17.9 Å². The summed E-state index contributed by atoms with van der Waals surface area (Å²) in [5.74, 6) is 0.0940. The minimum atomic E-state index is -0.0250. The fourth-order valence-electron chi connectivity index (χ4n) is 2.90. The van der Waals surface area contributed by atoms with Gasteiger partial charge in [0, 0.05) is 38.1 Å². The maximum atomic E-state index is 12.4. The Morgan fingerprint density at radius 3 is 2.61 bits per heavy atom. The maximum Gasteiger partial charge on any atom is 0.224 e. The number of carbonyl (C=O) groups excluding carboxylic acids is 1. The van der Waals surface area contributed by atoms with Crippen molar-refractivity contribution in [3.8, 4) is 0 Å². The Hall–Kier alpha value is -1.43. The molecule has 5 nitrogen and oxygen atoms in total. The number of nitrogens with zero attached hydrogens (tertiary/aromatic N) is 1. The van der Waals surface area contributed by atoms with E-state index in [0.29, 0.717) is 6.54 Å². The molecule has 0 radical (unpaired) electrons. The van der Waals surface area contributed by atoms with Crippen LogP contribution in [0.2, 0.25) is 0 Å². The van der Waals surface area contributed by atoms with Gasteiger partial charge in [-0.2, -0.15) is 0 Å². The minimum Gasteiger partial charge on any atom is -0.379 e. The summed E-state index contributed by atoms with van der Waals surface area (Å²) >= 11 is 0. The first-order valence-corrected chi connectivity index (χ1v) is 8.48. The van der Waals surface area contributed by atoms with Crippen molar-refractivity contribution in [2.24, 2.45) is 5.92 Å². The summed E-state index contributed by atoms with van der Waals surface area (Å²) in [5.41, 5.74) is 1.26. The van der Waals surface area contributed by atoms with Crippen LogP contribution in [0.5, 0.6) is 0 Å². The molecule has 1 amide bonds. The van der Waals surface area contributed by atoms with E-state index in [2.05, 4.69) is 27.7 Å². The number of carbonyl (C=O) groups is 1. The number of hydrogen-bond donors (Lipinski definition) is 2. The van der Waals surface area contributed by atoms with E-state index < -0.39 is 0 Å². The predicted molar refractivity (Wildman–Crippen MR) is 92.4 cm³/mol. The van der Waals surface area contributed by atoms with E-state index in [9.17, 15) is 4.79 Å². The Kier molecular flexibility index (Phi) is 7.52. The molecule has 1 aromatic rings. The van der Waals surface area contributed by atoms with Crippen LogP contribution >= 0.6 is 0 Å². The fraction of sp³-hybridized carbons (Fsp3) is 0.611. The summed E-state index contributed by atoms with van der Waals surface area (Å²) < 4.78 is 5.41. The molecule has 23 heavy (non-hydrogen) atoms. The molecule has 128 valence electrons. The third kappa shape index (κ3) is 6.29. The van der Waals surface area contributed by atoms with Crippen LogP contribution in [0.4, 0.5) is 0 Å². The van der Waals surface area contributed by atoms with Gasteiger partial charge in [-0.25, -0.2) is 0 Å². The van der Waals surface area contributed by atoms with Crippen LogP contribution in [-0.4, -0.2) is 63.3 Å².